The molecule has 2 N–H and O–H groups in total. The van der Waals surface area contributed by atoms with Crippen molar-refractivity contribution in [3.8, 4) is 0 Å². The van der Waals surface area contributed by atoms with Crippen molar-refractivity contribution in [3.63, 3.8) is 0 Å². The number of carboxylic acid groups (broad SMARTS) is 1. The molecule has 0 aromatic heterocycles. The number of hydrogen-bond acceptors (Lipinski definition) is 5. The number of rotatable bonds is 8. The summed E-state index contributed by atoms with van der Waals surface area (Å²) in [5.41, 5.74) is 0.530. The second-order valence-corrected chi connectivity index (χ2v) is 21.5. The first-order chi connectivity index (χ1) is 24.6. The molecule has 7 fully saturated rings. The molecule has 0 radical (unpaired) electrons. The summed E-state index contributed by atoms with van der Waals surface area (Å²) in [6.45, 7) is 25.6. The predicted octanol–water partition coefficient (Wildman–Crippen LogP) is 8.57. The van der Waals surface area contributed by atoms with Crippen LogP contribution in [0.4, 0.5) is 0 Å². The third-order valence-electron chi connectivity index (χ3n) is 18.5. The summed E-state index contributed by atoms with van der Waals surface area (Å²) in [6, 6.07) is 0.0499. The summed E-state index contributed by atoms with van der Waals surface area (Å²) < 4.78 is 6.22. The summed E-state index contributed by atoms with van der Waals surface area (Å²) in [7, 11) is 0. The smallest absolute Gasteiger partial charge is 0.309 e. The van der Waals surface area contributed by atoms with Crippen molar-refractivity contribution in [2.24, 2.45) is 67.5 Å². The van der Waals surface area contributed by atoms with E-state index in [2.05, 4.69) is 53.4 Å². The van der Waals surface area contributed by atoms with Crippen LogP contribution in [0.25, 0.3) is 0 Å². The quantitative estimate of drug-likeness (QED) is 0.191. The number of ether oxygens (including phenoxy) is 1. The molecule has 1 aliphatic heterocycles. The fraction of sp³-hybridized carbons (Fsp3) is 0.867. The highest BCUT2D eigenvalue weighted by molar-refractivity contribution is 5.81. The zero-order chi connectivity index (χ0) is 38.7. The van der Waals surface area contributed by atoms with Gasteiger partial charge < -0.3 is 20.1 Å². The van der Waals surface area contributed by atoms with Crippen LogP contribution in [0.2, 0.25) is 0 Å². The highest BCUT2D eigenvalue weighted by Crippen LogP contribution is 2.91. The Morgan fingerprint density at radius 3 is 2.23 bits per heavy atom. The average molecular weight is 735 g/mol. The van der Waals surface area contributed by atoms with Gasteiger partial charge in [-0.15, -0.1) is 0 Å². The topological polar surface area (TPSA) is 113 Å². The first kappa shape index (κ1) is 38.9. The molecule has 8 heteroatoms. The minimum absolute atomic E-state index is 0.00480. The summed E-state index contributed by atoms with van der Waals surface area (Å²) in [5.74, 6) is 1.57. The second kappa shape index (κ2) is 12.6. The fourth-order valence-electron chi connectivity index (χ4n) is 15.9. The third-order valence-corrected chi connectivity index (χ3v) is 18.5. The summed E-state index contributed by atoms with van der Waals surface area (Å²) in [6.07, 6.45) is 13.5. The molecule has 8 nitrogen and oxygen atoms in total. The largest absolute Gasteiger partial charge is 0.481 e. The Labute approximate surface area is 319 Å². The number of aliphatic carboxylic acids is 1. The van der Waals surface area contributed by atoms with E-state index in [1.165, 1.54) is 37.7 Å². The Bertz CT molecular complexity index is 1570. The molecule has 0 bridgehead atoms. The molecule has 0 aromatic carbocycles. The van der Waals surface area contributed by atoms with E-state index in [1.54, 1.807) is 20.8 Å². The lowest BCUT2D eigenvalue weighted by Crippen LogP contribution is -2.63. The van der Waals surface area contributed by atoms with Crippen molar-refractivity contribution in [3.05, 3.63) is 12.2 Å². The monoisotopic (exact) mass is 735 g/mol. The molecule has 296 valence electrons. The summed E-state index contributed by atoms with van der Waals surface area (Å²) in [5, 5.41) is 13.1. The molecular formula is C45H70N2O6. The lowest BCUT2D eigenvalue weighted by Gasteiger charge is -2.69. The van der Waals surface area contributed by atoms with Gasteiger partial charge in [-0.3, -0.25) is 19.2 Å². The number of esters is 1. The highest BCUT2D eigenvalue weighted by atomic mass is 16.5. The van der Waals surface area contributed by atoms with Crippen molar-refractivity contribution in [1.29, 1.82) is 0 Å². The van der Waals surface area contributed by atoms with Gasteiger partial charge >= 0.3 is 11.9 Å². The molecule has 6 aliphatic carbocycles. The van der Waals surface area contributed by atoms with Gasteiger partial charge in [-0.1, -0.05) is 53.2 Å². The first-order valence-corrected chi connectivity index (χ1v) is 21.2. The molecule has 1 saturated heterocycles. The van der Waals surface area contributed by atoms with Crippen LogP contribution in [-0.2, 0) is 23.9 Å². The Balaban J connectivity index is 1.16. The zero-order valence-electron chi connectivity index (χ0n) is 34.5. The number of hydrogen-bond donors (Lipinski definition) is 2. The van der Waals surface area contributed by atoms with E-state index in [0.29, 0.717) is 42.6 Å². The average Bonchev–Trinajstić information content (AvgIpc) is 3.31. The van der Waals surface area contributed by atoms with Gasteiger partial charge in [0, 0.05) is 37.9 Å². The van der Waals surface area contributed by atoms with Gasteiger partial charge in [-0.25, -0.2) is 0 Å². The van der Waals surface area contributed by atoms with Crippen molar-refractivity contribution >= 4 is 23.8 Å². The molecule has 6 saturated carbocycles. The molecule has 1 heterocycles. The van der Waals surface area contributed by atoms with E-state index >= 15 is 0 Å². The van der Waals surface area contributed by atoms with E-state index in [-0.39, 0.29) is 62.9 Å². The Hall–Kier alpha value is -2.38. The number of nitrogens with zero attached hydrogens (tertiary/aromatic N) is 1. The van der Waals surface area contributed by atoms with Gasteiger partial charge in [0.25, 0.3) is 0 Å². The molecule has 0 aromatic rings. The van der Waals surface area contributed by atoms with Crippen molar-refractivity contribution in [2.75, 3.05) is 13.1 Å². The van der Waals surface area contributed by atoms with E-state index in [9.17, 15) is 24.3 Å². The maximum atomic E-state index is 14.1. The first-order valence-electron chi connectivity index (χ1n) is 21.2. The van der Waals surface area contributed by atoms with Crippen LogP contribution in [0.5, 0.6) is 0 Å². The standard InChI is InChI=1S/C45H70N2O6/c1-27(2)30-14-20-44(24-35(49)46-29-17-23-47(26-29)28(3)48)22-21-43(10)37-31(45(30,37)44)12-11-13-33-41(8)18-16-34(53-36(50)25-39(4,5)38(51)52)40(6,7)32(41)15-19-42(33,43)9/h29-34,37H,1,11-26H2,2-10H3,(H,46,49)(H,51,52)/t29-,30+,31?,32+,33-,34+,37?,41+,42-,43-,44-,45+/m1/s1. The zero-order valence-corrected chi connectivity index (χ0v) is 34.5. The minimum atomic E-state index is -1.15. The van der Waals surface area contributed by atoms with Crippen LogP contribution in [0.3, 0.4) is 0 Å². The van der Waals surface area contributed by atoms with Crippen LogP contribution in [0, 0.1) is 67.5 Å². The van der Waals surface area contributed by atoms with Crippen LogP contribution < -0.4 is 5.32 Å². The molecule has 53 heavy (non-hydrogen) atoms. The van der Waals surface area contributed by atoms with Crippen molar-refractivity contribution < 1.29 is 29.0 Å². The normalized spacial score (nSPS) is 45.3. The summed E-state index contributed by atoms with van der Waals surface area (Å²) in [4.78, 5) is 52.9. The maximum Gasteiger partial charge on any atom is 0.309 e. The fourth-order valence-corrected chi connectivity index (χ4v) is 15.9. The Morgan fingerprint density at radius 1 is 0.868 bits per heavy atom. The molecule has 12 atom stereocenters. The van der Waals surface area contributed by atoms with Gasteiger partial charge in [-0.2, -0.15) is 0 Å². The number of likely N-dealkylation sites (tertiary alicyclic amines) is 1. The van der Waals surface area contributed by atoms with Gasteiger partial charge in [0.05, 0.1) is 11.8 Å². The number of allylic oxidation sites excluding steroid dienone is 1. The Morgan fingerprint density at radius 2 is 1.58 bits per heavy atom. The number of amides is 2. The molecule has 7 aliphatic rings. The van der Waals surface area contributed by atoms with Crippen molar-refractivity contribution in [1.82, 2.24) is 10.2 Å². The van der Waals surface area contributed by atoms with Crippen LogP contribution in [0.1, 0.15) is 152 Å². The van der Waals surface area contributed by atoms with Crippen LogP contribution >= 0.6 is 0 Å². The van der Waals surface area contributed by atoms with Crippen LogP contribution in [0.15, 0.2) is 12.2 Å². The Kier molecular flexibility index (Phi) is 9.22. The van der Waals surface area contributed by atoms with Gasteiger partial charge in [0.15, 0.2) is 0 Å². The lowest BCUT2D eigenvalue weighted by atomic mass is 9.36. The third kappa shape index (κ3) is 5.46. The maximum absolute atomic E-state index is 14.1. The predicted molar refractivity (Wildman–Crippen MR) is 205 cm³/mol. The number of nitrogens with one attached hydrogen (secondary N) is 1. The SMILES string of the molecule is C=C(C)[C@@H]1CC[C@]2(CC(=O)N[C@@H]3CCN(C(C)=O)C3)CC[C@]3(C)C4C(CCC[C@@H]5[C@@]6(C)CC[C@H](OC(=O)CC(C)(C)C(=O)O)C(C)(C)[C@@H]6CC[C@]53C)[C@]412. The lowest BCUT2D eigenvalue weighted by molar-refractivity contribution is -0.221. The molecule has 2 unspecified atom stereocenters. The second-order valence-electron chi connectivity index (χ2n) is 21.5. The number of carboxylic acids is 1. The minimum Gasteiger partial charge on any atom is -0.481 e. The summed E-state index contributed by atoms with van der Waals surface area (Å²) >= 11 is 0. The van der Waals surface area contributed by atoms with Crippen LogP contribution in [-0.4, -0.2) is 59.0 Å². The molecule has 2 amide bonds. The van der Waals surface area contributed by atoms with Gasteiger partial charge in [-0.05, 0) is 148 Å². The molecule has 1 spiro atoms. The van der Waals surface area contributed by atoms with Gasteiger partial charge in [0.1, 0.15) is 6.10 Å². The highest BCUT2D eigenvalue weighted by Gasteiger charge is 2.85. The van der Waals surface area contributed by atoms with Crippen molar-refractivity contribution in [2.45, 2.75) is 164 Å². The van der Waals surface area contributed by atoms with E-state index in [0.717, 1.165) is 51.5 Å². The number of carbonyl (C=O) groups is 4. The number of fused-ring (bicyclic) bond motifs is 4. The van der Waals surface area contributed by atoms with Gasteiger partial charge in [0.2, 0.25) is 11.8 Å². The van der Waals surface area contributed by atoms with E-state index in [4.69, 9.17) is 4.74 Å². The molecule has 7 rings (SSSR count). The van der Waals surface area contributed by atoms with E-state index < -0.39 is 17.4 Å². The van der Waals surface area contributed by atoms with E-state index in [1.807, 2.05) is 4.90 Å². The number of carbonyl (C=O) groups excluding carboxylic acids is 3. The molecular weight excluding hydrogens is 665 g/mol.